The quantitative estimate of drug-likeness (QED) is 0.598. The molecule has 0 N–H and O–H groups in total. The van der Waals surface area contributed by atoms with Crippen LogP contribution in [-0.2, 0) is 0 Å². The van der Waals surface area contributed by atoms with Crippen molar-refractivity contribution in [3.8, 4) is 0 Å². The minimum atomic E-state index is -4.28. The van der Waals surface area contributed by atoms with Crippen LogP contribution in [0.5, 0.6) is 0 Å². The number of thiocarbonyl (C=S) groups is 1. The Balaban J connectivity index is 3.02. The lowest BCUT2D eigenvalue weighted by atomic mass is 10.0. The van der Waals surface area contributed by atoms with Gasteiger partial charge < -0.3 is 0 Å². The summed E-state index contributed by atoms with van der Waals surface area (Å²) in [6, 6.07) is 0. The summed E-state index contributed by atoms with van der Waals surface area (Å²) in [5.74, 6) is 0. The molecule has 0 saturated heterocycles. The largest absolute Gasteiger partial charge is 0.414 e. The van der Waals surface area contributed by atoms with Crippen LogP contribution in [-0.4, -0.2) is 11.0 Å². The fourth-order valence-corrected chi connectivity index (χ4v) is 1.53. The van der Waals surface area contributed by atoms with E-state index in [1.54, 1.807) is 0 Å². The smallest absolute Gasteiger partial charge is 0.166 e. The Kier molecular flexibility index (Phi) is 2.73. The highest BCUT2D eigenvalue weighted by Crippen LogP contribution is 2.35. The van der Waals surface area contributed by atoms with Gasteiger partial charge in [0, 0.05) is 15.8 Å². The second-order valence-electron chi connectivity index (χ2n) is 2.30. The Bertz CT molecular complexity index is 275. The van der Waals surface area contributed by atoms with Gasteiger partial charge in [0.25, 0.3) is 0 Å². The predicted molar refractivity (Wildman–Crippen MR) is 48.4 cm³/mol. The van der Waals surface area contributed by atoms with Crippen molar-refractivity contribution in [1.82, 2.24) is 0 Å². The molecule has 1 aliphatic carbocycles. The van der Waals surface area contributed by atoms with Crippen molar-refractivity contribution in [2.24, 2.45) is 0 Å². The summed E-state index contributed by atoms with van der Waals surface area (Å²) in [4.78, 5) is 0.311. The Labute approximate surface area is 81.3 Å². The molecule has 0 bridgehead atoms. The molecule has 1 rings (SSSR count). The van der Waals surface area contributed by atoms with Crippen LogP contribution < -0.4 is 0 Å². The molecule has 12 heavy (non-hydrogen) atoms. The summed E-state index contributed by atoms with van der Waals surface area (Å²) in [6.07, 6.45) is -1.66. The van der Waals surface area contributed by atoms with Gasteiger partial charge in [-0.25, -0.2) is 0 Å². The van der Waals surface area contributed by atoms with Gasteiger partial charge in [0.1, 0.15) is 0 Å². The first-order valence-electron chi connectivity index (χ1n) is 3.08. The summed E-state index contributed by atoms with van der Waals surface area (Å²) in [5.41, 5.74) is -0.602. The van der Waals surface area contributed by atoms with E-state index in [-0.39, 0.29) is 10.9 Å². The van der Waals surface area contributed by atoms with Gasteiger partial charge in [-0.05, 0) is 12.2 Å². The SMILES string of the molecule is FC(F)(F)C1=C(Br)C=CC(=S)C1. The van der Waals surface area contributed by atoms with E-state index >= 15 is 0 Å². The molecule has 0 aromatic heterocycles. The number of hydrogen-bond acceptors (Lipinski definition) is 1. The predicted octanol–water partition coefficient (Wildman–Crippen LogP) is 3.53. The Morgan fingerprint density at radius 2 is 1.92 bits per heavy atom. The molecule has 5 heteroatoms. The van der Waals surface area contributed by atoms with E-state index < -0.39 is 11.7 Å². The van der Waals surface area contributed by atoms with Crippen molar-refractivity contribution >= 4 is 33.0 Å². The molecule has 1 aliphatic rings. The van der Waals surface area contributed by atoms with Crippen LogP contribution >= 0.6 is 28.1 Å². The maximum atomic E-state index is 12.2. The van der Waals surface area contributed by atoms with Gasteiger partial charge in [-0.3, -0.25) is 0 Å². The van der Waals surface area contributed by atoms with Gasteiger partial charge in [-0.1, -0.05) is 28.1 Å². The molecule has 0 aliphatic heterocycles. The highest BCUT2D eigenvalue weighted by atomic mass is 79.9. The van der Waals surface area contributed by atoms with Crippen LogP contribution in [0.2, 0.25) is 0 Å². The van der Waals surface area contributed by atoms with Crippen molar-refractivity contribution in [2.75, 3.05) is 0 Å². The van der Waals surface area contributed by atoms with E-state index in [0.29, 0.717) is 4.86 Å². The number of allylic oxidation sites excluding steroid dienone is 4. The van der Waals surface area contributed by atoms with Crippen LogP contribution in [0.1, 0.15) is 6.42 Å². The number of rotatable bonds is 0. The normalized spacial score (nSPS) is 18.8. The van der Waals surface area contributed by atoms with Crippen molar-refractivity contribution in [1.29, 1.82) is 0 Å². The zero-order valence-electron chi connectivity index (χ0n) is 5.78. The average Bonchev–Trinajstić information content (AvgIpc) is 1.92. The fraction of sp³-hybridized carbons (Fsp3) is 0.286. The van der Waals surface area contributed by atoms with Crippen LogP contribution in [0.4, 0.5) is 13.2 Å². The minimum Gasteiger partial charge on any atom is -0.166 e. The first-order chi connectivity index (χ1) is 5.41. The highest BCUT2D eigenvalue weighted by molar-refractivity contribution is 9.11. The van der Waals surface area contributed by atoms with Gasteiger partial charge >= 0.3 is 6.18 Å². The molecule has 0 saturated carbocycles. The molecule has 0 heterocycles. The number of hydrogen-bond donors (Lipinski definition) is 0. The first-order valence-corrected chi connectivity index (χ1v) is 4.28. The molecule has 0 aromatic carbocycles. The van der Waals surface area contributed by atoms with Crippen LogP contribution in [0.15, 0.2) is 22.2 Å². The molecule has 0 unspecified atom stereocenters. The highest BCUT2D eigenvalue weighted by Gasteiger charge is 2.36. The van der Waals surface area contributed by atoms with E-state index in [1.807, 2.05) is 0 Å². The van der Waals surface area contributed by atoms with Crippen molar-refractivity contribution in [2.45, 2.75) is 12.6 Å². The van der Waals surface area contributed by atoms with Gasteiger partial charge in [0.05, 0.1) is 5.57 Å². The number of alkyl halides is 3. The van der Waals surface area contributed by atoms with E-state index in [0.717, 1.165) is 0 Å². The molecule has 66 valence electrons. The van der Waals surface area contributed by atoms with Gasteiger partial charge in [-0.2, -0.15) is 13.2 Å². The lowest BCUT2D eigenvalue weighted by Gasteiger charge is -2.15. The van der Waals surface area contributed by atoms with Crippen LogP contribution in [0.25, 0.3) is 0 Å². The number of halogens is 4. The summed E-state index contributed by atoms with van der Waals surface area (Å²) in [5, 5.41) is 0. The molecule has 0 nitrogen and oxygen atoms in total. The fourth-order valence-electron chi connectivity index (χ4n) is 0.820. The molecule has 0 aromatic rings. The Morgan fingerprint density at radius 1 is 1.33 bits per heavy atom. The maximum Gasteiger partial charge on any atom is 0.414 e. The third-order valence-corrected chi connectivity index (χ3v) is 2.42. The summed E-state index contributed by atoms with van der Waals surface area (Å²) >= 11 is 7.49. The second kappa shape index (κ2) is 3.30. The van der Waals surface area contributed by atoms with Crippen LogP contribution in [0.3, 0.4) is 0 Å². The topological polar surface area (TPSA) is 0 Å². The molecule has 0 radical (unpaired) electrons. The first kappa shape index (κ1) is 9.92. The molecule has 0 spiro atoms. The third-order valence-electron chi connectivity index (χ3n) is 1.40. The third kappa shape index (κ3) is 2.17. The summed E-state index contributed by atoms with van der Waals surface area (Å²) < 4.78 is 36.6. The van der Waals surface area contributed by atoms with Gasteiger partial charge in [0.15, 0.2) is 0 Å². The van der Waals surface area contributed by atoms with Crippen LogP contribution in [0, 0.1) is 0 Å². The monoisotopic (exact) mass is 256 g/mol. The van der Waals surface area contributed by atoms with E-state index in [9.17, 15) is 13.2 Å². The lowest BCUT2D eigenvalue weighted by Crippen LogP contribution is -2.17. The molecule has 0 amide bonds. The van der Waals surface area contributed by atoms with Crippen molar-refractivity contribution in [3.63, 3.8) is 0 Å². The average molecular weight is 257 g/mol. The van der Waals surface area contributed by atoms with E-state index in [2.05, 4.69) is 28.1 Å². The van der Waals surface area contributed by atoms with E-state index in [1.165, 1.54) is 12.2 Å². The lowest BCUT2D eigenvalue weighted by molar-refractivity contribution is -0.0926. The molecule has 0 atom stereocenters. The molecular formula is C7H4BrF3S. The van der Waals surface area contributed by atoms with Gasteiger partial charge in [0.2, 0.25) is 0 Å². The molecule has 0 fully saturated rings. The minimum absolute atomic E-state index is 0.0728. The van der Waals surface area contributed by atoms with E-state index in [4.69, 9.17) is 0 Å². The standard InChI is InChI=1S/C7H4BrF3S/c8-6-2-1-4(12)3-5(6)7(9,10)11/h1-2H,3H2. The maximum absolute atomic E-state index is 12.2. The van der Waals surface area contributed by atoms with Crippen molar-refractivity contribution in [3.05, 3.63) is 22.2 Å². The second-order valence-corrected chi connectivity index (χ2v) is 3.68. The zero-order chi connectivity index (χ0) is 9.35. The van der Waals surface area contributed by atoms with Crippen molar-refractivity contribution < 1.29 is 13.2 Å². The zero-order valence-corrected chi connectivity index (χ0v) is 8.18. The summed E-state index contributed by atoms with van der Waals surface area (Å²) in [7, 11) is 0. The Hall–Kier alpha value is -0.160. The molecular weight excluding hydrogens is 253 g/mol. The summed E-state index contributed by atoms with van der Waals surface area (Å²) in [6.45, 7) is 0. The van der Waals surface area contributed by atoms with Gasteiger partial charge in [-0.15, -0.1) is 0 Å². The Morgan fingerprint density at radius 3 is 2.33 bits per heavy atom.